The van der Waals surface area contributed by atoms with E-state index in [0.29, 0.717) is 30.3 Å². The summed E-state index contributed by atoms with van der Waals surface area (Å²) in [5.41, 5.74) is 1.97. The Labute approximate surface area is 140 Å². The Balaban J connectivity index is 1.61. The quantitative estimate of drug-likeness (QED) is 0.771. The van der Waals surface area contributed by atoms with E-state index in [-0.39, 0.29) is 11.4 Å². The fraction of sp³-hybridized carbons (Fsp3) is 0.353. The molecular formula is C17H21N5O2. The van der Waals surface area contributed by atoms with Crippen LogP contribution in [0.15, 0.2) is 41.3 Å². The summed E-state index contributed by atoms with van der Waals surface area (Å²) in [4.78, 5) is 20.4. The molecule has 0 spiro atoms. The zero-order chi connectivity index (χ0) is 17.2. The number of nitrogens with one attached hydrogen (secondary N) is 2. The molecule has 2 amide bonds. The minimum atomic E-state index is -0.256. The van der Waals surface area contributed by atoms with Gasteiger partial charge in [-0.15, -0.1) is 0 Å². The number of imidazole rings is 1. The zero-order valence-electron chi connectivity index (χ0n) is 14.0. The van der Waals surface area contributed by atoms with Gasteiger partial charge < -0.3 is 19.6 Å². The largest absolute Gasteiger partial charge is 0.440 e. The van der Waals surface area contributed by atoms with Crippen molar-refractivity contribution in [1.29, 1.82) is 0 Å². The first kappa shape index (κ1) is 16.0. The number of urea groups is 1. The van der Waals surface area contributed by atoms with Gasteiger partial charge in [0, 0.05) is 36.6 Å². The Morgan fingerprint density at radius 1 is 1.33 bits per heavy atom. The maximum Gasteiger partial charge on any atom is 0.319 e. The molecule has 126 valence electrons. The Kier molecular flexibility index (Phi) is 4.24. The average molecular weight is 327 g/mol. The maximum absolute atomic E-state index is 12.0. The predicted molar refractivity (Wildman–Crippen MR) is 92.0 cm³/mol. The first-order valence-electron chi connectivity index (χ1n) is 7.83. The molecule has 0 bridgehead atoms. The Morgan fingerprint density at radius 2 is 2.17 bits per heavy atom. The number of carbonyl (C=O) groups excluding carboxylic acids is 1. The third-order valence-corrected chi connectivity index (χ3v) is 3.50. The van der Waals surface area contributed by atoms with Crippen molar-refractivity contribution in [3.8, 4) is 0 Å². The van der Waals surface area contributed by atoms with Gasteiger partial charge in [-0.3, -0.25) is 0 Å². The number of nitrogens with zero attached hydrogens (tertiary/aromatic N) is 3. The van der Waals surface area contributed by atoms with Crippen LogP contribution in [0, 0.1) is 0 Å². The number of benzene rings is 1. The fourth-order valence-corrected chi connectivity index (χ4v) is 2.22. The van der Waals surface area contributed by atoms with E-state index in [2.05, 4.69) is 20.6 Å². The highest BCUT2D eigenvalue weighted by Gasteiger charge is 2.21. The Bertz CT molecular complexity index is 830. The molecule has 7 heteroatoms. The van der Waals surface area contributed by atoms with Crippen molar-refractivity contribution in [3.05, 3.63) is 42.8 Å². The van der Waals surface area contributed by atoms with Crippen LogP contribution in [0.4, 0.5) is 10.5 Å². The van der Waals surface area contributed by atoms with E-state index < -0.39 is 0 Å². The Hall–Kier alpha value is -2.83. The molecule has 0 unspecified atom stereocenters. The molecule has 2 heterocycles. The summed E-state index contributed by atoms with van der Waals surface area (Å²) in [6.45, 7) is 7.33. The molecule has 0 fully saturated rings. The van der Waals surface area contributed by atoms with E-state index >= 15 is 0 Å². The average Bonchev–Trinajstić information content (AvgIpc) is 3.15. The summed E-state index contributed by atoms with van der Waals surface area (Å²) in [5.74, 6) is 0.680. The van der Waals surface area contributed by atoms with Crippen molar-refractivity contribution in [2.45, 2.75) is 32.7 Å². The van der Waals surface area contributed by atoms with Gasteiger partial charge in [0.1, 0.15) is 5.52 Å². The summed E-state index contributed by atoms with van der Waals surface area (Å²) in [6.07, 6.45) is 5.27. The Morgan fingerprint density at radius 3 is 2.88 bits per heavy atom. The van der Waals surface area contributed by atoms with Gasteiger partial charge in [0.05, 0.1) is 6.33 Å². The number of fused-ring (bicyclic) bond motifs is 1. The van der Waals surface area contributed by atoms with Crippen LogP contribution in [0.3, 0.4) is 0 Å². The van der Waals surface area contributed by atoms with Crippen LogP contribution in [-0.4, -0.2) is 27.1 Å². The second-order valence-corrected chi connectivity index (χ2v) is 6.63. The second-order valence-electron chi connectivity index (χ2n) is 6.63. The van der Waals surface area contributed by atoms with Gasteiger partial charge in [-0.1, -0.05) is 20.8 Å². The first-order valence-corrected chi connectivity index (χ1v) is 7.83. The first-order chi connectivity index (χ1) is 11.4. The SMILES string of the molecule is CC(C)(C)c1nc2cc(NC(=O)NCCn3ccnc3)ccc2o1. The smallest absolute Gasteiger partial charge is 0.319 e. The van der Waals surface area contributed by atoms with Gasteiger partial charge >= 0.3 is 6.03 Å². The minimum Gasteiger partial charge on any atom is -0.440 e. The summed E-state index contributed by atoms with van der Waals surface area (Å²) in [6, 6.07) is 5.17. The lowest BCUT2D eigenvalue weighted by Gasteiger charge is -2.11. The molecule has 0 atom stereocenters. The van der Waals surface area contributed by atoms with E-state index in [0.717, 1.165) is 5.52 Å². The van der Waals surface area contributed by atoms with Crippen molar-refractivity contribution in [3.63, 3.8) is 0 Å². The molecule has 2 N–H and O–H groups in total. The summed E-state index contributed by atoms with van der Waals surface area (Å²) < 4.78 is 7.65. The summed E-state index contributed by atoms with van der Waals surface area (Å²) >= 11 is 0. The number of aromatic nitrogens is 3. The molecule has 0 saturated heterocycles. The third-order valence-electron chi connectivity index (χ3n) is 3.50. The number of hydrogen-bond acceptors (Lipinski definition) is 4. The van der Waals surface area contributed by atoms with Gasteiger partial charge in [0.25, 0.3) is 0 Å². The molecule has 3 rings (SSSR count). The van der Waals surface area contributed by atoms with Crippen LogP contribution in [-0.2, 0) is 12.0 Å². The highest BCUT2D eigenvalue weighted by atomic mass is 16.3. The third kappa shape index (κ3) is 3.73. The van der Waals surface area contributed by atoms with Crippen molar-refractivity contribution < 1.29 is 9.21 Å². The second kappa shape index (κ2) is 6.35. The van der Waals surface area contributed by atoms with Gasteiger partial charge in [-0.25, -0.2) is 14.8 Å². The normalized spacial score (nSPS) is 11.6. The highest BCUT2D eigenvalue weighted by molar-refractivity contribution is 5.91. The van der Waals surface area contributed by atoms with Crippen molar-refractivity contribution in [2.24, 2.45) is 0 Å². The zero-order valence-corrected chi connectivity index (χ0v) is 14.0. The molecule has 0 aliphatic rings. The summed E-state index contributed by atoms with van der Waals surface area (Å²) in [5, 5.41) is 5.61. The van der Waals surface area contributed by atoms with Gasteiger partial charge in [-0.2, -0.15) is 0 Å². The molecule has 2 aromatic heterocycles. The molecule has 3 aromatic rings. The molecule has 0 aliphatic heterocycles. The topological polar surface area (TPSA) is 85.0 Å². The van der Waals surface area contributed by atoms with Crippen LogP contribution in [0.2, 0.25) is 0 Å². The molecule has 0 aliphatic carbocycles. The van der Waals surface area contributed by atoms with Gasteiger partial charge in [-0.05, 0) is 18.2 Å². The van der Waals surface area contributed by atoms with Gasteiger partial charge in [0.2, 0.25) is 5.89 Å². The number of carbonyl (C=O) groups is 1. The molecule has 24 heavy (non-hydrogen) atoms. The summed E-state index contributed by atoms with van der Waals surface area (Å²) in [7, 11) is 0. The number of rotatable bonds is 4. The highest BCUT2D eigenvalue weighted by Crippen LogP contribution is 2.27. The van der Waals surface area contributed by atoms with Crippen molar-refractivity contribution in [2.75, 3.05) is 11.9 Å². The number of oxazole rings is 1. The monoisotopic (exact) mass is 327 g/mol. The van der Waals surface area contributed by atoms with Crippen LogP contribution >= 0.6 is 0 Å². The minimum absolute atomic E-state index is 0.155. The molecule has 0 saturated carbocycles. The lowest BCUT2D eigenvalue weighted by atomic mass is 9.97. The lowest BCUT2D eigenvalue weighted by Crippen LogP contribution is -2.31. The van der Waals surface area contributed by atoms with E-state index in [9.17, 15) is 4.79 Å². The predicted octanol–water partition coefficient (Wildman–Crippen LogP) is 3.14. The molecule has 1 aromatic carbocycles. The number of hydrogen-bond donors (Lipinski definition) is 2. The van der Waals surface area contributed by atoms with Crippen LogP contribution in [0.1, 0.15) is 26.7 Å². The van der Waals surface area contributed by atoms with Crippen molar-refractivity contribution in [1.82, 2.24) is 19.9 Å². The van der Waals surface area contributed by atoms with Crippen LogP contribution in [0.5, 0.6) is 0 Å². The lowest BCUT2D eigenvalue weighted by molar-refractivity contribution is 0.251. The number of anilines is 1. The van der Waals surface area contributed by atoms with E-state index in [4.69, 9.17) is 4.42 Å². The number of amides is 2. The maximum atomic E-state index is 12.0. The molecular weight excluding hydrogens is 306 g/mol. The fourth-order valence-electron chi connectivity index (χ4n) is 2.22. The standard InChI is InChI=1S/C17H21N5O2/c1-17(2,3)15-21-13-10-12(4-5-14(13)24-15)20-16(23)19-7-9-22-8-6-18-11-22/h4-6,8,10-11H,7,9H2,1-3H3,(H2,19,20,23). The van der Waals surface area contributed by atoms with E-state index in [1.54, 1.807) is 18.6 Å². The van der Waals surface area contributed by atoms with Gasteiger partial charge in [0.15, 0.2) is 5.58 Å². The van der Waals surface area contributed by atoms with Crippen molar-refractivity contribution >= 4 is 22.8 Å². The van der Waals surface area contributed by atoms with E-state index in [1.165, 1.54) is 0 Å². The molecule has 0 radical (unpaired) electrons. The molecule has 7 nitrogen and oxygen atoms in total. The van der Waals surface area contributed by atoms with E-state index in [1.807, 2.05) is 43.7 Å². The van der Waals surface area contributed by atoms with Crippen LogP contribution in [0.25, 0.3) is 11.1 Å². The van der Waals surface area contributed by atoms with Crippen LogP contribution < -0.4 is 10.6 Å².